The Labute approximate surface area is 137 Å². The highest BCUT2D eigenvalue weighted by Gasteiger charge is 2.64. The SMILES string of the molecule is Cc1ccc(C(=O)N2N=C(C3CCCCC3)CC2(O)C(F)(F)F)o1. The van der Waals surface area contributed by atoms with Crippen LogP contribution in [0.25, 0.3) is 0 Å². The molecule has 1 aliphatic heterocycles. The number of hydrazone groups is 1. The lowest BCUT2D eigenvalue weighted by Gasteiger charge is -2.32. The van der Waals surface area contributed by atoms with Crippen LogP contribution in [0.5, 0.6) is 0 Å². The van der Waals surface area contributed by atoms with Crippen LogP contribution in [0.3, 0.4) is 0 Å². The van der Waals surface area contributed by atoms with Gasteiger partial charge in [-0.15, -0.1) is 0 Å². The highest BCUT2D eigenvalue weighted by atomic mass is 19.4. The van der Waals surface area contributed by atoms with Crippen LogP contribution in [0.15, 0.2) is 21.7 Å². The number of amides is 1. The summed E-state index contributed by atoms with van der Waals surface area (Å²) in [7, 11) is 0. The number of hydrogen-bond acceptors (Lipinski definition) is 4. The summed E-state index contributed by atoms with van der Waals surface area (Å²) in [5, 5.41) is 14.3. The zero-order valence-electron chi connectivity index (χ0n) is 13.3. The molecule has 0 radical (unpaired) electrons. The van der Waals surface area contributed by atoms with Crippen LogP contribution in [-0.4, -0.2) is 33.6 Å². The summed E-state index contributed by atoms with van der Waals surface area (Å²) in [6, 6.07) is 2.75. The van der Waals surface area contributed by atoms with Gasteiger partial charge < -0.3 is 9.52 Å². The Kier molecular flexibility index (Phi) is 4.19. The molecule has 8 heteroatoms. The monoisotopic (exact) mass is 344 g/mol. The maximum Gasteiger partial charge on any atom is 0.438 e. The van der Waals surface area contributed by atoms with Gasteiger partial charge in [0, 0.05) is 12.1 Å². The van der Waals surface area contributed by atoms with E-state index in [2.05, 4.69) is 5.10 Å². The number of carbonyl (C=O) groups excluding carboxylic acids is 1. The lowest BCUT2D eigenvalue weighted by Crippen LogP contribution is -2.56. The van der Waals surface area contributed by atoms with Crippen molar-refractivity contribution in [3.8, 4) is 0 Å². The Morgan fingerprint density at radius 1 is 1.33 bits per heavy atom. The largest absolute Gasteiger partial charge is 0.456 e. The summed E-state index contributed by atoms with van der Waals surface area (Å²) in [6.07, 6.45) is -1.37. The first-order chi connectivity index (χ1) is 11.2. The number of carbonyl (C=O) groups is 1. The predicted molar refractivity (Wildman–Crippen MR) is 79.2 cm³/mol. The molecule has 1 aromatic rings. The molecule has 1 saturated carbocycles. The van der Waals surface area contributed by atoms with Crippen molar-refractivity contribution in [2.24, 2.45) is 11.0 Å². The Hall–Kier alpha value is -1.83. The number of halogens is 3. The van der Waals surface area contributed by atoms with Crippen molar-refractivity contribution in [1.29, 1.82) is 0 Å². The molecule has 1 unspecified atom stereocenters. The molecule has 0 spiro atoms. The molecule has 1 N–H and O–H groups in total. The molecular formula is C16H19F3N2O3. The first-order valence-corrected chi connectivity index (χ1v) is 8.00. The molecule has 132 valence electrons. The Bertz CT molecular complexity index is 662. The minimum absolute atomic E-state index is 0.122. The van der Waals surface area contributed by atoms with E-state index >= 15 is 0 Å². The number of alkyl halides is 3. The second-order valence-electron chi connectivity index (χ2n) is 6.44. The lowest BCUT2D eigenvalue weighted by atomic mass is 9.83. The van der Waals surface area contributed by atoms with Crippen molar-refractivity contribution in [3.05, 3.63) is 23.7 Å². The fourth-order valence-electron chi connectivity index (χ4n) is 3.32. The molecule has 2 aliphatic rings. The fraction of sp³-hybridized carbons (Fsp3) is 0.625. The second kappa shape index (κ2) is 5.91. The molecule has 24 heavy (non-hydrogen) atoms. The second-order valence-corrected chi connectivity index (χ2v) is 6.44. The van der Waals surface area contributed by atoms with Gasteiger partial charge in [-0.25, -0.2) is 0 Å². The van der Waals surface area contributed by atoms with Crippen LogP contribution in [0.1, 0.15) is 54.8 Å². The van der Waals surface area contributed by atoms with Crippen LogP contribution in [0, 0.1) is 12.8 Å². The van der Waals surface area contributed by atoms with E-state index in [9.17, 15) is 23.1 Å². The van der Waals surface area contributed by atoms with Crippen LogP contribution >= 0.6 is 0 Å². The molecule has 0 saturated heterocycles. The first-order valence-electron chi connectivity index (χ1n) is 8.00. The molecule has 2 heterocycles. The average Bonchev–Trinajstić information content (AvgIpc) is 3.12. The van der Waals surface area contributed by atoms with Gasteiger partial charge in [-0.2, -0.15) is 23.3 Å². The van der Waals surface area contributed by atoms with Gasteiger partial charge in [-0.3, -0.25) is 4.79 Å². The van der Waals surface area contributed by atoms with Crippen LogP contribution < -0.4 is 0 Å². The van der Waals surface area contributed by atoms with Crippen LogP contribution in [-0.2, 0) is 0 Å². The minimum atomic E-state index is -5.01. The van der Waals surface area contributed by atoms with E-state index in [1.807, 2.05) is 0 Å². The molecule has 1 fully saturated rings. The third-order valence-corrected chi connectivity index (χ3v) is 4.68. The number of hydrogen-bond donors (Lipinski definition) is 1. The van der Waals surface area contributed by atoms with E-state index in [-0.39, 0.29) is 22.4 Å². The number of furan rings is 1. The van der Waals surface area contributed by atoms with E-state index in [0.717, 1.165) is 32.1 Å². The van der Waals surface area contributed by atoms with Gasteiger partial charge >= 0.3 is 12.1 Å². The molecule has 3 rings (SSSR count). The van der Waals surface area contributed by atoms with Gasteiger partial charge in [0.05, 0.1) is 0 Å². The number of aryl methyl sites for hydroxylation is 1. The summed E-state index contributed by atoms with van der Waals surface area (Å²) in [6.45, 7) is 1.58. The van der Waals surface area contributed by atoms with Crippen molar-refractivity contribution in [2.45, 2.75) is 57.3 Å². The number of nitrogens with zero attached hydrogens (tertiary/aromatic N) is 2. The van der Waals surface area contributed by atoms with E-state index in [1.54, 1.807) is 6.92 Å². The topological polar surface area (TPSA) is 66.0 Å². The van der Waals surface area contributed by atoms with E-state index in [0.29, 0.717) is 5.76 Å². The third kappa shape index (κ3) is 2.83. The molecule has 1 amide bonds. The maximum atomic E-state index is 13.5. The van der Waals surface area contributed by atoms with Crippen LogP contribution in [0.4, 0.5) is 13.2 Å². The van der Waals surface area contributed by atoms with Gasteiger partial charge in [-0.1, -0.05) is 19.3 Å². The summed E-state index contributed by atoms with van der Waals surface area (Å²) in [5.41, 5.74) is -3.08. The number of aliphatic hydroxyl groups is 1. The third-order valence-electron chi connectivity index (χ3n) is 4.68. The zero-order valence-corrected chi connectivity index (χ0v) is 13.3. The standard InChI is InChI=1S/C16H19F3N2O3/c1-10-7-8-13(24-10)14(22)21-15(23,16(17,18)19)9-12(20-21)11-5-3-2-4-6-11/h7-8,11,23H,2-6,9H2,1H3. The average molecular weight is 344 g/mol. The van der Waals surface area contributed by atoms with E-state index in [4.69, 9.17) is 4.42 Å². The molecule has 0 bridgehead atoms. The Morgan fingerprint density at radius 3 is 2.54 bits per heavy atom. The normalized spacial score (nSPS) is 25.9. The summed E-state index contributed by atoms with van der Waals surface area (Å²) < 4.78 is 45.5. The maximum absolute atomic E-state index is 13.5. The smallest absolute Gasteiger partial charge is 0.438 e. The summed E-state index contributed by atoms with van der Waals surface area (Å²) in [5.74, 6) is -1.09. The summed E-state index contributed by atoms with van der Waals surface area (Å²) >= 11 is 0. The first kappa shape index (κ1) is 17.0. The van der Waals surface area contributed by atoms with Crippen LogP contribution in [0.2, 0.25) is 0 Å². The zero-order chi connectivity index (χ0) is 17.5. The molecule has 0 aromatic carbocycles. The highest BCUT2D eigenvalue weighted by molar-refractivity contribution is 5.97. The van der Waals surface area contributed by atoms with Crippen molar-refractivity contribution in [1.82, 2.24) is 5.01 Å². The van der Waals surface area contributed by atoms with E-state index < -0.39 is 24.2 Å². The Balaban J connectivity index is 1.94. The molecule has 1 aliphatic carbocycles. The molecule has 1 aromatic heterocycles. The van der Waals surface area contributed by atoms with Gasteiger partial charge in [0.1, 0.15) is 5.76 Å². The predicted octanol–water partition coefficient (Wildman–Crippen LogP) is 3.62. The van der Waals surface area contributed by atoms with Crippen molar-refractivity contribution < 1.29 is 27.5 Å². The number of rotatable bonds is 2. The summed E-state index contributed by atoms with van der Waals surface area (Å²) in [4.78, 5) is 12.4. The molecular weight excluding hydrogens is 325 g/mol. The van der Waals surface area contributed by atoms with Crippen molar-refractivity contribution in [2.75, 3.05) is 0 Å². The van der Waals surface area contributed by atoms with Gasteiger partial charge in [0.15, 0.2) is 5.76 Å². The quantitative estimate of drug-likeness (QED) is 0.891. The Morgan fingerprint density at radius 2 is 2.00 bits per heavy atom. The van der Waals surface area contributed by atoms with E-state index in [1.165, 1.54) is 12.1 Å². The molecule has 1 atom stereocenters. The van der Waals surface area contributed by atoms with Gasteiger partial charge in [-0.05, 0) is 37.8 Å². The van der Waals surface area contributed by atoms with Gasteiger partial charge in [0.25, 0.3) is 5.72 Å². The fourth-order valence-corrected chi connectivity index (χ4v) is 3.32. The van der Waals surface area contributed by atoms with Crippen molar-refractivity contribution in [3.63, 3.8) is 0 Å². The highest BCUT2D eigenvalue weighted by Crippen LogP contribution is 2.43. The lowest BCUT2D eigenvalue weighted by molar-refractivity contribution is -0.297. The molecule has 5 nitrogen and oxygen atoms in total. The minimum Gasteiger partial charge on any atom is -0.456 e. The van der Waals surface area contributed by atoms with Crippen molar-refractivity contribution >= 4 is 11.6 Å². The van der Waals surface area contributed by atoms with Gasteiger partial charge in [0.2, 0.25) is 0 Å².